The highest BCUT2D eigenvalue weighted by atomic mass is 35.5. The van der Waals surface area contributed by atoms with Gasteiger partial charge in [-0.05, 0) is 17.7 Å². The molecule has 3 rings (SSSR count). The van der Waals surface area contributed by atoms with E-state index in [0.29, 0.717) is 43.0 Å². The summed E-state index contributed by atoms with van der Waals surface area (Å²) >= 11 is 5.89. The zero-order valence-corrected chi connectivity index (χ0v) is 17.4. The Labute approximate surface area is 184 Å². The van der Waals surface area contributed by atoms with E-state index in [1.165, 1.54) is 0 Å². The molecular weight excluding hydrogens is 422 g/mol. The summed E-state index contributed by atoms with van der Waals surface area (Å²) in [7, 11) is 0. The monoisotopic (exact) mass is 443 g/mol. The molecule has 4 N–H and O–H groups in total. The van der Waals surface area contributed by atoms with Crippen molar-refractivity contribution < 1.29 is 9.47 Å². The number of rotatable bonds is 8. The van der Waals surface area contributed by atoms with Crippen LogP contribution in [0.3, 0.4) is 0 Å². The summed E-state index contributed by atoms with van der Waals surface area (Å²) in [6, 6.07) is 9.14. The van der Waals surface area contributed by atoms with Crippen molar-refractivity contribution in [2.45, 2.75) is 0 Å². The topological polar surface area (TPSA) is 149 Å². The molecule has 2 heterocycles. The molecule has 0 atom stereocenters. The van der Waals surface area contributed by atoms with Gasteiger partial charge in [0, 0.05) is 24.2 Å². The van der Waals surface area contributed by atoms with Crippen LogP contribution in [0.5, 0.6) is 6.01 Å². The van der Waals surface area contributed by atoms with Gasteiger partial charge in [0.15, 0.2) is 12.0 Å². The van der Waals surface area contributed by atoms with Gasteiger partial charge in [0.1, 0.15) is 12.4 Å². The fraction of sp³-hybridized carbons (Fsp3) is 0.316. The Hall–Kier alpha value is -3.62. The quantitative estimate of drug-likeness (QED) is 0.181. The Kier molecular flexibility index (Phi) is 7.80. The molecule has 1 fully saturated rings. The average Bonchev–Trinajstić information content (AvgIpc) is 2.78. The molecule has 31 heavy (non-hydrogen) atoms. The molecular formula is C19H22ClN9O2. The second kappa shape index (κ2) is 11.0. The van der Waals surface area contributed by atoms with E-state index in [2.05, 4.69) is 25.4 Å². The smallest absolute Gasteiger partial charge is 0.320 e. The first-order valence-corrected chi connectivity index (χ1v) is 9.83. The van der Waals surface area contributed by atoms with E-state index in [1.54, 1.807) is 24.4 Å². The number of halogens is 1. The summed E-state index contributed by atoms with van der Waals surface area (Å²) in [6.45, 7) is 2.77. The third kappa shape index (κ3) is 6.70. The number of nitrogens with one attached hydrogen (secondary N) is 2. The van der Waals surface area contributed by atoms with Gasteiger partial charge < -0.3 is 20.1 Å². The van der Waals surface area contributed by atoms with Crippen molar-refractivity contribution in [2.75, 3.05) is 49.8 Å². The summed E-state index contributed by atoms with van der Waals surface area (Å²) in [5.74, 6) is 0.759. The highest BCUT2D eigenvalue weighted by Gasteiger charge is 2.16. The lowest BCUT2D eigenvalue weighted by Crippen LogP contribution is -2.37. The van der Waals surface area contributed by atoms with Gasteiger partial charge >= 0.3 is 6.01 Å². The normalized spacial score (nSPS) is 13.6. The van der Waals surface area contributed by atoms with Crippen LogP contribution in [0.1, 0.15) is 5.56 Å². The van der Waals surface area contributed by atoms with Crippen LogP contribution < -0.4 is 20.8 Å². The molecule has 0 bridgehead atoms. The minimum Gasteiger partial charge on any atom is -0.461 e. The van der Waals surface area contributed by atoms with Crippen LogP contribution in [0.2, 0.25) is 5.02 Å². The molecule has 1 aliphatic heterocycles. The number of morpholine rings is 1. The molecule has 0 radical (unpaired) electrons. The first-order chi connectivity index (χ1) is 15.0. The molecule has 1 aromatic carbocycles. The van der Waals surface area contributed by atoms with Crippen molar-refractivity contribution in [3.63, 3.8) is 0 Å². The molecule has 0 saturated carbocycles. The number of nitriles is 1. The van der Waals surface area contributed by atoms with Crippen LogP contribution in [0, 0.1) is 16.9 Å². The van der Waals surface area contributed by atoms with E-state index in [4.69, 9.17) is 37.5 Å². The minimum atomic E-state index is -0.354. The Morgan fingerprint density at radius 3 is 2.81 bits per heavy atom. The number of hydrazone groups is 1. The highest BCUT2D eigenvalue weighted by Crippen LogP contribution is 2.20. The van der Waals surface area contributed by atoms with Crippen LogP contribution in [-0.2, 0) is 4.74 Å². The number of anilines is 2. The molecule has 11 nitrogen and oxygen atoms in total. The summed E-state index contributed by atoms with van der Waals surface area (Å²) in [5.41, 5.74) is 9.09. The molecule has 1 aromatic heterocycles. The standard InChI is InChI=1S/C19H22ClN9O2/c20-15-3-1-14(2-4-15)12-24-27-16-11-17(28-5-8-30-9-6-28)26-19(25-16)31-10-7-29(13-21)18(22)23/h1-4,11-12H,5-10H2,(H3,22,23)(H,25,26,27)/b24-12+. The Balaban J connectivity index is 1.72. The second-order valence-corrected chi connectivity index (χ2v) is 6.84. The summed E-state index contributed by atoms with van der Waals surface area (Å²) in [4.78, 5) is 11.8. The molecule has 0 unspecified atom stereocenters. The maximum atomic E-state index is 8.97. The molecule has 1 saturated heterocycles. The van der Waals surface area contributed by atoms with Gasteiger partial charge in [-0.15, -0.1) is 0 Å². The molecule has 0 spiro atoms. The summed E-state index contributed by atoms with van der Waals surface area (Å²) in [5, 5.41) is 21.2. The van der Waals surface area contributed by atoms with Crippen LogP contribution in [-0.4, -0.2) is 66.5 Å². The van der Waals surface area contributed by atoms with Gasteiger partial charge in [-0.25, -0.2) is 4.90 Å². The molecule has 1 aliphatic rings. The molecule has 162 valence electrons. The third-order valence-electron chi connectivity index (χ3n) is 4.25. The average molecular weight is 444 g/mol. The maximum absolute atomic E-state index is 8.97. The molecule has 12 heteroatoms. The fourth-order valence-electron chi connectivity index (χ4n) is 2.66. The first-order valence-electron chi connectivity index (χ1n) is 9.45. The van der Waals surface area contributed by atoms with Crippen molar-refractivity contribution in [2.24, 2.45) is 10.8 Å². The van der Waals surface area contributed by atoms with E-state index in [1.807, 2.05) is 18.3 Å². The number of nitrogens with two attached hydrogens (primary N) is 1. The largest absolute Gasteiger partial charge is 0.461 e. The van der Waals surface area contributed by atoms with Crippen LogP contribution >= 0.6 is 11.6 Å². The zero-order valence-electron chi connectivity index (χ0n) is 16.7. The first kappa shape index (κ1) is 22.1. The summed E-state index contributed by atoms with van der Waals surface area (Å²) < 4.78 is 11.0. The Bertz CT molecular complexity index is 956. The number of hydrogen-bond acceptors (Lipinski definition) is 9. The predicted molar refractivity (Wildman–Crippen MR) is 117 cm³/mol. The van der Waals surface area contributed by atoms with E-state index in [0.717, 1.165) is 10.5 Å². The van der Waals surface area contributed by atoms with Crippen LogP contribution in [0.15, 0.2) is 35.4 Å². The Morgan fingerprint density at radius 1 is 1.39 bits per heavy atom. The van der Waals surface area contributed by atoms with Gasteiger partial charge in [-0.2, -0.15) is 20.3 Å². The number of guanidine groups is 1. The fourth-order valence-corrected chi connectivity index (χ4v) is 2.79. The number of hydrogen-bond donors (Lipinski definition) is 3. The van der Waals surface area contributed by atoms with Crippen molar-refractivity contribution in [1.82, 2.24) is 14.9 Å². The predicted octanol–water partition coefficient (Wildman–Crippen LogP) is 1.47. The molecule has 2 aromatic rings. The maximum Gasteiger partial charge on any atom is 0.320 e. The van der Waals surface area contributed by atoms with Gasteiger partial charge in [0.05, 0.1) is 26.0 Å². The van der Waals surface area contributed by atoms with E-state index < -0.39 is 0 Å². The van der Waals surface area contributed by atoms with Crippen molar-refractivity contribution >= 4 is 35.4 Å². The molecule has 0 amide bonds. The van der Waals surface area contributed by atoms with Crippen molar-refractivity contribution in [1.29, 1.82) is 10.7 Å². The van der Waals surface area contributed by atoms with E-state index in [-0.39, 0.29) is 25.1 Å². The second-order valence-electron chi connectivity index (χ2n) is 6.40. The van der Waals surface area contributed by atoms with E-state index in [9.17, 15) is 0 Å². The summed E-state index contributed by atoms with van der Waals surface area (Å²) in [6.07, 6.45) is 3.45. The van der Waals surface area contributed by atoms with Gasteiger partial charge in [0.2, 0.25) is 5.96 Å². The lowest BCUT2D eigenvalue weighted by molar-refractivity contribution is 0.122. The SMILES string of the molecule is N#CN(CCOc1nc(N/N=C/c2ccc(Cl)cc2)cc(N2CCOCC2)n1)C(=N)N. The number of benzene rings is 1. The molecule has 0 aliphatic carbocycles. The third-order valence-corrected chi connectivity index (χ3v) is 4.50. The zero-order chi connectivity index (χ0) is 22.1. The highest BCUT2D eigenvalue weighted by molar-refractivity contribution is 6.30. The van der Waals surface area contributed by atoms with Crippen molar-refractivity contribution in [3.05, 3.63) is 40.9 Å². The van der Waals surface area contributed by atoms with Gasteiger partial charge in [-0.1, -0.05) is 23.7 Å². The Morgan fingerprint density at radius 2 is 2.13 bits per heavy atom. The van der Waals surface area contributed by atoms with Crippen LogP contribution in [0.4, 0.5) is 11.6 Å². The number of nitrogens with zero attached hydrogens (tertiary/aromatic N) is 6. The van der Waals surface area contributed by atoms with Gasteiger partial charge in [0.25, 0.3) is 0 Å². The minimum absolute atomic E-state index is 0.0766. The lowest BCUT2D eigenvalue weighted by Gasteiger charge is -2.28. The van der Waals surface area contributed by atoms with Crippen LogP contribution in [0.25, 0.3) is 0 Å². The van der Waals surface area contributed by atoms with Gasteiger partial charge in [-0.3, -0.25) is 10.8 Å². The van der Waals surface area contributed by atoms with E-state index >= 15 is 0 Å². The number of aromatic nitrogens is 2. The lowest BCUT2D eigenvalue weighted by atomic mass is 10.2. The number of ether oxygens (including phenoxy) is 2. The van der Waals surface area contributed by atoms with Crippen molar-refractivity contribution in [3.8, 4) is 12.2 Å².